The molecule has 114 valence electrons. The topological polar surface area (TPSA) is 66.9 Å². The monoisotopic (exact) mass is 300 g/mol. The maximum atomic E-state index is 12.9. The predicted octanol–water partition coefficient (Wildman–Crippen LogP) is 2.60. The number of rotatable bonds is 3. The predicted molar refractivity (Wildman–Crippen MR) is 81.1 cm³/mol. The van der Waals surface area contributed by atoms with Gasteiger partial charge in [-0.05, 0) is 50.6 Å². The summed E-state index contributed by atoms with van der Waals surface area (Å²) in [5.41, 5.74) is 1.59. The molecule has 3 rings (SSSR count). The van der Waals surface area contributed by atoms with Crippen LogP contribution < -0.4 is 10.6 Å². The number of carbonyl (C=O) groups excluding carboxylic acids is 1. The third kappa shape index (κ3) is 3.12. The Labute approximate surface area is 128 Å². The number of aryl methyl sites for hydroxylation is 1. The Balaban J connectivity index is 1.76. The Morgan fingerprint density at radius 2 is 2.14 bits per heavy atom. The van der Waals surface area contributed by atoms with Crippen LogP contribution in [0.15, 0.2) is 30.5 Å². The maximum Gasteiger partial charge on any atom is 0.259 e. The molecule has 2 heterocycles. The summed E-state index contributed by atoms with van der Waals surface area (Å²) in [6, 6.07) is 5.80. The minimum absolute atomic E-state index is 0.174. The van der Waals surface area contributed by atoms with Crippen molar-refractivity contribution in [1.29, 1.82) is 0 Å². The molecule has 0 spiro atoms. The zero-order valence-corrected chi connectivity index (χ0v) is 12.3. The molecule has 1 amide bonds. The molecule has 22 heavy (non-hydrogen) atoms. The van der Waals surface area contributed by atoms with Gasteiger partial charge >= 0.3 is 0 Å². The fraction of sp³-hybridized carbons (Fsp3) is 0.312. The van der Waals surface area contributed by atoms with Crippen LogP contribution in [0.4, 0.5) is 10.1 Å². The third-order valence-electron chi connectivity index (χ3n) is 3.72. The van der Waals surface area contributed by atoms with Gasteiger partial charge in [0.1, 0.15) is 11.6 Å². The molecule has 1 saturated heterocycles. The molecular formula is C16H17FN4O. The first-order chi connectivity index (χ1) is 10.6. The number of anilines is 1. The summed E-state index contributed by atoms with van der Waals surface area (Å²) in [7, 11) is 0. The molecule has 5 nitrogen and oxygen atoms in total. The molecule has 0 radical (unpaired) electrons. The number of aromatic nitrogens is 2. The van der Waals surface area contributed by atoms with Crippen LogP contribution in [0.1, 0.15) is 40.8 Å². The molecule has 1 aliphatic rings. The van der Waals surface area contributed by atoms with E-state index in [1.165, 1.54) is 24.3 Å². The average Bonchev–Trinajstić information content (AvgIpc) is 3.03. The van der Waals surface area contributed by atoms with Gasteiger partial charge in [0, 0.05) is 11.9 Å². The minimum atomic E-state index is -0.342. The number of hydrogen-bond donors (Lipinski definition) is 2. The lowest BCUT2D eigenvalue weighted by atomic mass is 10.2. The highest BCUT2D eigenvalue weighted by Crippen LogP contribution is 2.20. The van der Waals surface area contributed by atoms with Crippen molar-refractivity contribution >= 4 is 11.6 Å². The summed E-state index contributed by atoms with van der Waals surface area (Å²) in [5.74, 6) is 0.0919. The van der Waals surface area contributed by atoms with Gasteiger partial charge < -0.3 is 10.6 Å². The highest BCUT2D eigenvalue weighted by molar-refractivity contribution is 6.04. The van der Waals surface area contributed by atoms with Crippen LogP contribution in [0.25, 0.3) is 0 Å². The molecule has 1 aliphatic heterocycles. The fourth-order valence-corrected chi connectivity index (χ4v) is 2.51. The van der Waals surface area contributed by atoms with E-state index in [1.807, 2.05) is 0 Å². The molecule has 2 N–H and O–H groups in total. The highest BCUT2D eigenvalue weighted by Gasteiger charge is 2.20. The molecule has 1 aromatic heterocycles. The summed E-state index contributed by atoms with van der Waals surface area (Å²) in [6.07, 6.45) is 3.68. The lowest BCUT2D eigenvalue weighted by Crippen LogP contribution is -2.19. The SMILES string of the molecule is Cc1nc(C2CCCN2)ncc1C(=O)Nc1ccc(F)cc1. The van der Waals surface area contributed by atoms with E-state index in [2.05, 4.69) is 20.6 Å². The van der Waals surface area contributed by atoms with E-state index in [1.54, 1.807) is 13.1 Å². The molecule has 1 aromatic carbocycles. The Morgan fingerprint density at radius 1 is 1.36 bits per heavy atom. The van der Waals surface area contributed by atoms with E-state index >= 15 is 0 Å². The van der Waals surface area contributed by atoms with Gasteiger partial charge in [0.05, 0.1) is 17.3 Å². The van der Waals surface area contributed by atoms with Crippen molar-refractivity contribution in [2.75, 3.05) is 11.9 Å². The van der Waals surface area contributed by atoms with Crippen LogP contribution in [-0.4, -0.2) is 22.4 Å². The van der Waals surface area contributed by atoms with E-state index < -0.39 is 0 Å². The number of amides is 1. The molecule has 1 atom stereocenters. The second kappa shape index (κ2) is 6.19. The normalized spacial score (nSPS) is 17.5. The Morgan fingerprint density at radius 3 is 2.77 bits per heavy atom. The van der Waals surface area contributed by atoms with Crippen molar-refractivity contribution in [3.63, 3.8) is 0 Å². The number of benzene rings is 1. The zero-order chi connectivity index (χ0) is 15.5. The average molecular weight is 300 g/mol. The Kier molecular flexibility index (Phi) is 4.11. The first-order valence-electron chi connectivity index (χ1n) is 7.27. The van der Waals surface area contributed by atoms with E-state index in [9.17, 15) is 9.18 Å². The summed E-state index contributed by atoms with van der Waals surface area (Å²) in [5, 5.41) is 6.05. The van der Waals surface area contributed by atoms with Gasteiger partial charge in [-0.2, -0.15) is 0 Å². The van der Waals surface area contributed by atoms with Gasteiger partial charge in [-0.25, -0.2) is 14.4 Å². The van der Waals surface area contributed by atoms with E-state index in [0.29, 0.717) is 16.9 Å². The van der Waals surface area contributed by atoms with Crippen molar-refractivity contribution in [3.8, 4) is 0 Å². The number of nitrogens with zero attached hydrogens (tertiary/aromatic N) is 2. The van der Waals surface area contributed by atoms with Crippen molar-refractivity contribution in [2.45, 2.75) is 25.8 Å². The smallest absolute Gasteiger partial charge is 0.259 e. The molecule has 0 saturated carbocycles. The Bertz CT molecular complexity index is 681. The van der Waals surface area contributed by atoms with E-state index in [4.69, 9.17) is 0 Å². The fourth-order valence-electron chi connectivity index (χ4n) is 2.51. The summed E-state index contributed by atoms with van der Waals surface area (Å²) >= 11 is 0. The summed E-state index contributed by atoms with van der Waals surface area (Å²) in [4.78, 5) is 21.0. The lowest BCUT2D eigenvalue weighted by molar-refractivity contribution is 0.102. The van der Waals surface area contributed by atoms with Crippen molar-refractivity contribution in [1.82, 2.24) is 15.3 Å². The highest BCUT2D eigenvalue weighted by atomic mass is 19.1. The standard InChI is InChI=1S/C16H17FN4O/c1-10-13(9-19-15(20-10)14-3-2-8-18-14)16(22)21-12-6-4-11(17)5-7-12/h4-7,9,14,18H,2-3,8H2,1H3,(H,21,22). The first kappa shape index (κ1) is 14.6. The van der Waals surface area contributed by atoms with Gasteiger partial charge in [-0.3, -0.25) is 4.79 Å². The van der Waals surface area contributed by atoms with Crippen molar-refractivity contribution in [2.24, 2.45) is 0 Å². The lowest BCUT2D eigenvalue weighted by Gasteiger charge is -2.11. The van der Waals surface area contributed by atoms with Gasteiger partial charge in [0.2, 0.25) is 0 Å². The number of hydrogen-bond acceptors (Lipinski definition) is 4. The molecule has 0 bridgehead atoms. The maximum absolute atomic E-state index is 12.9. The summed E-state index contributed by atoms with van der Waals surface area (Å²) < 4.78 is 12.9. The second-order valence-electron chi connectivity index (χ2n) is 5.34. The molecule has 6 heteroatoms. The number of nitrogens with one attached hydrogen (secondary N) is 2. The Hall–Kier alpha value is -2.34. The van der Waals surface area contributed by atoms with Gasteiger partial charge in [-0.1, -0.05) is 0 Å². The van der Waals surface area contributed by atoms with Crippen LogP contribution in [0.3, 0.4) is 0 Å². The van der Waals surface area contributed by atoms with Crippen LogP contribution in [0.2, 0.25) is 0 Å². The molecule has 2 aromatic rings. The van der Waals surface area contributed by atoms with Crippen LogP contribution in [-0.2, 0) is 0 Å². The quantitative estimate of drug-likeness (QED) is 0.914. The summed E-state index contributed by atoms with van der Waals surface area (Å²) in [6.45, 7) is 2.76. The molecule has 0 aliphatic carbocycles. The first-order valence-corrected chi connectivity index (χ1v) is 7.27. The largest absolute Gasteiger partial charge is 0.322 e. The van der Waals surface area contributed by atoms with E-state index in [-0.39, 0.29) is 17.8 Å². The number of halogens is 1. The molecule has 1 unspecified atom stereocenters. The van der Waals surface area contributed by atoms with Crippen molar-refractivity contribution in [3.05, 3.63) is 53.4 Å². The molecular weight excluding hydrogens is 283 g/mol. The van der Waals surface area contributed by atoms with Crippen LogP contribution in [0, 0.1) is 12.7 Å². The second-order valence-corrected chi connectivity index (χ2v) is 5.34. The number of carbonyl (C=O) groups is 1. The minimum Gasteiger partial charge on any atom is -0.322 e. The van der Waals surface area contributed by atoms with Gasteiger partial charge in [0.15, 0.2) is 0 Å². The van der Waals surface area contributed by atoms with E-state index in [0.717, 1.165) is 25.2 Å². The van der Waals surface area contributed by atoms with Gasteiger partial charge in [0.25, 0.3) is 5.91 Å². The van der Waals surface area contributed by atoms with Gasteiger partial charge in [-0.15, -0.1) is 0 Å². The molecule has 1 fully saturated rings. The van der Waals surface area contributed by atoms with Crippen molar-refractivity contribution < 1.29 is 9.18 Å². The third-order valence-corrected chi connectivity index (χ3v) is 3.72. The van der Waals surface area contributed by atoms with Crippen LogP contribution in [0.5, 0.6) is 0 Å². The zero-order valence-electron chi connectivity index (χ0n) is 12.3. The van der Waals surface area contributed by atoms with Crippen LogP contribution >= 0.6 is 0 Å².